The molecule has 4 aromatic rings. The van der Waals surface area contributed by atoms with E-state index in [1.165, 1.54) is 40.5 Å². The zero-order chi connectivity index (χ0) is 24.6. The number of rotatable bonds is 9. The minimum atomic E-state index is -0.938. The Hall–Kier alpha value is -3.97. The van der Waals surface area contributed by atoms with Gasteiger partial charge in [0.25, 0.3) is 0 Å². The first-order chi connectivity index (χ1) is 17.0. The number of ether oxygens (including phenoxy) is 1. The van der Waals surface area contributed by atoms with Gasteiger partial charge in [0.2, 0.25) is 11.8 Å². The Bertz CT molecular complexity index is 1240. The summed E-state index contributed by atoms with van der Waals surface area (Å²) in [4.78, 5) is 29.6. The van der Waals surface area contributed by atoms with Crippen LogP contribution in [0.2, 0.25) is 0 Å². The number of methoxy groups -OCH3 is 1. The van der Waals surface area contributed by atoms with Crippen molar-refractivity contribution in [1.29, 1.82) is 0 Å². The third-order valence-corrected chi connectivity index (χ3v) is 6.40. The lowest BCUT2D eigenvalue weighted by atomic mass is 10.0. The van der Waals surface area contributed by atoms with Crippen molar-refractivity contribution < 1.29 is 18.7 Å². The number of nitrogens with one attached hydrogen (secondary N) is 1. The SMILES string of the molecule is COc1ccc(CNC(=O)C(c2ccccc2)N(C(=O)Cc2cccs2)c2ccc(F)cc2)cc1. The van der Waals surface area contributed by atoms with E-state index in [-0.39, 0.29) is 24.8 Å². The molecule has 0 saturated carbocycles. The van der Waals surface area contributed by atoms with Gasteiger partial charge in [-0.25, -0.2) is 4.39 Å². The van der Waals surface area contributed by atoms with Crippen LogP contribution >= 0.6 is 11.3 Å². The lowest BCUT2D eigenvalue weighted by molar-refractivity contribution is -0.126. The van der Waals surface area contributed by atoms with E-state index >= 15 is 0 Å². The van der Waals surface area contributed by atoms with E-state index in [0.717, 1.165) is 16.2 Å². The van der Waals surface area contributed by atoms with Crippen molar-refractivity contribution in [2.45, 2.75) is 19.0 Å². The van der Waals surface area contributed by atoms with Crippen LogP contribution in [0.15, 0.2) is 96.4 Å². The molecular weight excluding hydrogens is 463 g/mol. The number of hydrogen-bond acceptors (Lipinski definition) is 4. The normalized spacial score (nSPS) is 11.5. The molecule has 0 spiro atoms. The van der Waals surface area contributed by atoms with Crippen LogP contribution in [0.5, 0.6) is 5.75 Å². The van der Waals surface area contributed by atoms with Crippen molar-refractivity contribution in [1.82, 2.24) is 5.32 Å². The van der Waals surface area contributed by atoms with Gasteiger partial charge >= 0.3 is 0 Å². The predicted octanol–water partition coefficient (Wildman–Crippen LogP) is 5.53. The number of thiophene rings is 1. The Kier molecular flexibility index (Phi) is 7.90. The second kappa shape index (κ2) is 11.4. The average Bonchev–Trinajstić information content (AvgIpc) is 3.40. The van der Waals surface area contributed by atoms with Crippen LogP contribution in [0, 0.1) is 5.82 Å². The number of anilines is 1. The van der Waals surface area contributed by atoms with E-state index in [1.807, 2.05) is 72.1 Å². The van der Waals surface area contributed by atoms with Crippen LogP contribution in [0.25, 0.3) is 0 Å². The predicted molar refractivity (Wildman–Crippen MR) is 136 cm³/mol. The van der Waals surface area contributed by atoms with Crippen molar-refractivity contribution in [3.8, 4) is 5.75 Å². The molecule has 1 heterocycles. The maximum Gasteiger partial charge on any atom is 0.248 e. The molecular formula is C28H25FN2O3S. The van der Waals surface area contributed by atoms with Crippen molar-refractivity contribution in [3.63, 3.8) is 0 Å². The minimum absolute atomic E-state index is 0.129. The van der Waals surface area contributed by atoms with Crippen LogP contribution in [-0.2, 0) is 22.6 Å². The summed E-state index contributed by atoms with van der Waals surface area (Å²) in [5.41, 5.74) is 1.99. The summed E-state index contributed by atoms with van der Waals surface area (Å²) in [7, 11) is 1.60. The van der Waals surface area contributed by atoms with Gasteiger partial charge in [0.05, 0.1) is 13.5 Å². The summed E-state index contributed by atoms with van der Waals surface area (Å²) in [6, 6.07) is 25.0. The van der Waals surface area contributed by atoms with E-state index < -0.39 is 11.9 Å². The molecule has 1 atom stereocenters. The van der Waals surface area contributed by atoms with Gasteiger partial charge in [-0.2, -0.15) is 0 Å². The molecule has 0 aliphatic carbocycles. The number of amides is 2. The third-order valence-electron chi connectivity index (χ3n) is 5.53. The zero-order valence-electron chi connectivity index (χ0n) is 19.2. The quantitative estimate of drug-likeness (QED) is 0.337. The summed E-state index contributed by atoms with van der Waals surface area (Å²) >= 11 is 1.47. The largest absolute Gasteiger partial charge is 0.497 e. The van der Waals surface area contributed by atoms with Crippen LogP contribution in [0.1, 0.15) is 22.0 Å². The van der Waals surface area contributed by atoms with Crippen LogP contribution < -0.4 is 15.0 Å². The van der Waals surface area contributed by atoms with E-state index in [2.05, 4.69) is 5.32 Å². The Morgan fingerprint density at radius 3 is 2.29 bits per heavy atom. The molecule has 0 aliphatic rings. The van der Waals surface area contributed by atoms with Crippen LogP contribution in [0.3, 0.4) is 0 Å². The molecule has 5 nitrogen and oxygen atoms in total. The fourth-order valence-electron chi connectivity index (χ4n) is 3.77. The third kappa shape index (κ3) is 6.13. The highest BCUT2D eigenvalue weighted by molar-refractivity contribution is 7.10. The number of benzene rings is 3. The van der Waals surface area contributed by atoms with Gasteiger partial charge in [0, 0.05) is 17.1 Å². The smallest absolute Gasteiger partial charge is 0.248 e. The molecule has 1 aromatic heterocycles. The molecule has 0 radical (unpaired) electrons. The van der Waals surface area contributed by atoms with Crippen LogP contribution in [0.4, 0.5) is 10.1 Å². The highest BCUT2D eigenvalue weighted by Crippen LogP contribution is 2.29. The highest BCUT2D eigenvalue weighted by atomic mass is 32.1. The molecule has 7 heteroatoms. The molecule has 0 fully saturated rings. The van der Waals surface area contributed by atoms with Gasteiger partial charge in [0.1, 0.15) is 17.6 Å². The molecule has 4 rings (SSSR count). The highest BCUT2D eigenvalue weighted by Gasteiger charge is 2.32. The summed E-state index contributed by atoms with van der Waals surface area (Å²) in [5, 5.41) is 4.87. The summed E-state index contributed by atoms with van der Waals surface area (Å²) in [5.74, 6) is -0.285. The fourth-order valence-corrected chi connectivity index (χ4v) is 4.46. The molecule has 35 heavy (non-hydrogen) atoms. The number of hydrogen-bond donors (Lipinski definition) is 1. The van der Waals surface area contributed by atoms with Crippen molar-refractivity contribution in [2.75, 3.05) is 12.0 Å². The van der Waals surface area contributed by atoms with Gasteiger partial charge in [0.15, 0.2) is 0 Å². The van der Waals surface area contributed by atoms with Gasteiger partial charge in [-0.15, -0.1) is 11.3 Å². The van der Waals surface area contributed by atoms with Crippen molar-refractivity contribution in [3.05, 3.63) is 118 Å². The molecule has 3 aromatic carbocycles. The molecule has 0 aliphatic heterocycles. The Morgan fingerprint density at radius 2 is 1.66 bits per heavy atom. The van der Waals surface area contributed by atoms with Crippen molar-refractivity contribution >= 4 is 28.8 Å². The van der Waals surface area contributed by atoms with E-state index in [1.54, 1.807) is 7.11 Å². The second-order valence-corrected chi connectivity index (χ2v) is 8.91. The molecule has 1 unspecified atom stereocenters. The topological polar surface area (TPSA) is 58.6 Å². The van der Waals surface area contributed by atoms with Gasteiger partial charge < -0.3 is 10.1 Å². The standard InChI is InChI=1S/C28H25FN2O3S/c1-34-24-15-9-20(10-16-24)19-30-28(33)27(21-6-3-2-4-7-21)31(23-13-11-22(29)12-14-23)26(32)18-25-8-5-17-35-25/h2-17,27H,18-19H2,1H3,(H,30,33). The number of carbonyl (C=O) groups excluding carboxylic acids is 2. The van der Waals surface area contributed by atoms with Gasteiger partial charge in [-0.3, -0.25) is 14.5 Å². The lowest BCUT2D eigenvalue weighted by Gasteiger charge is -2.31. The maximum absolute atomic E-state index is 13.7. The van der Waals surface area contributed by atoms with E-state index in [4.69, 9.17) is 4.74 Å². The van der Waals surface area contributed by atoms with E-state index in [0.29, 0.717) is 11.3 Å². The minimum Gasteiger partial charge on any atom is -0.497 e. The summed E-state index contributed by atoms with van der Waals surface area (Å²) in [6.07, 6.45) is 0.129. The molecule has 2 amide bonds. The number of carbonyl (C=O) groups is 2. The fraction of sp³-hybridized carbons (Fsp3) is 0.143. The monoisotopic (exact) mass is 488 g/mol. The number of halogens is 1. The summed E-state index contributed by atoms with van der Waals surface area (Å²) in [6.45, 7) is 0.280. The zero-order valence-corrected chi connectivity index (χ0v) is 20.0. The second-order valence-electron chi connectivity index (χ2n) is 7.88. The first kappa shape index (κ1) is 24.2. The molecule has 1 N–H and O–H groups in total. The van der Waals surface area contributed by atoms with Gasteiger partial charge in [-0.1, -0.05) is 48.5 Å². The number of nitrogens with zero attached hydrogens (tertiary/aromatic N) is 1. The first-order valence-corrected chi connectivity index (χ1v) is 12.0. The van der Waals surface area contributed by atoms with E-state index in [9.17, 15) is 14.0 Å². The molecule has 0 bridgehead atoms. The molecule has 178 valence electrons. The van der Waals surface area contributed by atoms with Crippen LogP contribution in [-0.4, -0.2) is 18.9 Å². The Balaban J connectivity index is 1.67. The average molecular weight is 489 g/mol. The maximum atomic E-state index is 13.7. The van der Waals surface area contributed by atoms with Crippen molar-refractivity contribution in [2.24, 2.45) is 0 Å². The Labute approximate surface area is 207 Å². The molecule has 0 saturated heterocycles. The Morgan fingerprint density at radius 1 is 0.943 bits per heavy atom. The first-order valence-electron chi connectivity index (χ1n) is 11.1. The van der Waals surface area contributed by atoms with Gasteiger partial charge in [-0.05, 0) is 59.0 Å². The summed E-state index contributed by atoms with van der Waals surface area (Å²) < 4.78 is 18.9. The lowest BCUT2D eigenvalue weighted by Crippen LogP contribution is -2.44.